The lowest BCUT2D eigenvalue weighted by Gasteiger charge is -2.11. The minimum Gasteiger partial charge on any atom is -0.491 e. The second kappa shape index (κ2) is 5.88. The smallest absolute Gasteiger partial charge is 0.261 e. The van der Waals surface area contributed by atoms with E-state index < -0.39 is 10.0 Å². The van der Waals surface area contributed by atoms with Crippen molar-refractivity contribution in [2.75, 3.05) is 4.72 Å². The summed E-state index contributed by atoms with van der Waals surface area (Å²) in [5.41, 5.74) is 1.43. The molecule has 3 rings (SSSR count). The summed E-state index contributed by atoms with van der Waals surface area (Å²) in [7, 11) is -3.72. The molecule has 23 heavy (non-hydrogen) atoms. The number of H-pyrrole nitrogens is 1. The van der Waals surface area contributed by atoms with Gasteiger partial charge in [0.25, 0.3) is 10.0 Å². The maximum Gasteiger partial charge on any atom is 0.261 e. The van der Waals surface area contributed by atoms with Crippen LogP contribution in [0.25, 0.3) is 11.0 Å². The lowest BCUT2D eigenvalue weighted by Crippen LogP contribution is -2.13. The van der Waals surface area contributed by atoms with E-state index in [0.29, 0.717) is 22.5 Å². The number of hydrogen-bond donors (Lipinski definition) is 2. The molecule has 0 radical (unpaired) electrons. The van der Waals surface area contributed by atoms with Crippen molar-refractivity contribution in [3.05, 3.63) is 42.5 Å². The largest absolute Gasteiger partial charge is 0.491 e. The molecule has 0 saturated carbocycles. The van der Waals surface area contributed by atoms with E-state index >= 15 is 0 Å². The average molecular weight is 332 g/mol. The van der Waals surface area contributed by atoms with Crippen LogP contribution in [0.1, 0.15) is 13.8 Å². The molecule has 0 saturated heterocycles. The Labute approximate surface area is 133 Å². The Hall–Kier alpha value is -2.61. The van der Waals surface area contributed by atoms with Crippen LogP contribution in [0.2, 0.25) is 0 Å². The fourth-order valence-corrected chi connectivity index (χ4v) is 3.19. The molecule has 0 amide bonds. The minimum atomic E-state index is -3.72. The number of benzene rings is 2. The summed E-state index contributed by atoms with van der Waals surface area (Å²) in [6, 6.07) is 11.4. The van der Waals surface area contributed by atoms with Crippen LogP contribution in [-0.4, -0.2) is 29.9 Å². The van der Waals surface area contributed by atoms with Crippen molar-refractivity contribution in [2.45, 2.75) is 24.8 Å². The molecule has 120 valence electrons. The zero-order valence-corrected chi connectivity index (χ0v) is 13.5. The number of aromatic nitrogens is 3. The lowest BCUT2D eigenvalue weighted by atomic mass is 10.3. The number of rotatable bonds is 5. The first-order chi connectivity index (χ1) is 11.0. The standard InChI is InChI=1S/C15H16N4O3S/c1-10(2)22-11-6-8-12(9-7-11)23(20,21)18-14-5-3-4-13-15(14)17-19-16-13/h3-10,18H,1-2H3,(H,16,17,19). The van der Waals surface area contributed by atoms with Crippen molar-refractivity contribution in [1.29, 1.82) is 0 Å². The second-order valence-corrected chi connectivity index (χ2v) is 6.92. The molecule has 0 bridgehead atoms. The molecule has 1 heterocycles. The first kappa shape index (κ1) is 15.3. The summed E-state index contributed by atoms with van der Waals surface area (Å²) in [6.45, 7) is 3.82. The summed E-state index contributed by atoms with van der Waals surface area (Å²) < 4.78 is 33.0. The van der Waals surface area contributed by atoms with Crippen LogP contribution in [0.5, 0.6) is 5.75 Å². The van der Waals surface area contributed by atoms with Gasteiger partial charge in [-0.2, -0.15) is 15.4 Å². The molecule has 2 aromatic carbocycles. The van der Waals surface area contributed by atoms with Crippen molar-refractivity contribution in [3.8, 4) is 5.75 Å². The molecular formula is C15H16N4O3S. The third-order valence-corrected chi connectivity index (χ3v) is 4.48. The SMILES string of the molecule is CC(C)Oc1ccc(S(=O)(=O)Nc2cccc3n[nH]nc23)cc1. The third-order valence-electron chi connectivity index (χ3n) is 3.10. The Balaban J connectivity index is 1.88. The van der Waals surface area contributed by atoms with Gasteiger partial charge in [0.2, 0.25) is 0 Å². The van der Waals surface area contributed by atoms with Gasteiger partial charge >= 0.3 is 0 Å². The monoisotopic (exact) mass is 332 g/mol. The zero-order valence-electron chi connectivity index (χ0n) is 12.6. The fourth-order valence-electron chi connectivity index (χ4n) is 2.12. The normalized spacial score (nSPS) is 11.8. The van der Waals surface area contributed by atoms with Gasteiger partial charge in [-0.25, -0.2) is 8.42 Å². The molecule has 0 spiro atoms. The van der Waals surface area contributed by atoms with E-state index in [0.717, 1.165) is 0 Å². The lowest BCUT2D eigenvalue weighted by molar-refractivity contribution is 0.242. The van der Waals surface area contributed by atoms with Gasteiger partial charge in [0.05, 0.1) is 16.7 Å². The molecule has 1 aromatic heterocycles. The van der Waals surface area contributed by atoms with E-state index in [2.05, 4.69) is 20.1 Å². The van der Waals surface area contributed by atoms with Gasteiger partial charge < -0.3 is 4.74 Å². The molecule has 2 N–H and O–H groups in total. The van der Waals surface area contributed by atoms with Crippen molar-refractivity contribution in [1.82, 2.24) is 15.4 Å². The van der Waals surface area contributed by atoms with Crippen molar-refractivity contribution >= 4 is 26.7 Å². The van der Waals surface area contributed by atoms with Gasteiger partial charge in [-0.3, -0.25) is 4.72 Å². The molecule has 3 aromatic rings. The van der Waals surface area contributed by atoms with Gasteiger partial charge in [-0.1, -0.05) is 6.07 Å². The number of hydrogen-bond acceptors (Lipinski definition) is 5. The van der Waals surface area contributed by atoms with Crippen LogP contribution in [0.3, 0.4) is 0 Å². The van der Waals surface area contributed by atoms with E-state index in [4.69, 9.17) is 4.74 Å². The van der Waals surface area contributed by atoms with Gasteiger partial charge in [0.15, 0.2) is 0 Å². The number of aromatic amines is 1. The number of para-hydroxylation sites is 1. The van der Waals surface area contributed by atoms with Crippen molar-refractivity contribution < 1.29 is 13.2 Å². The molecular weight excluding hydrogens is 316 g/mol. The summed E-state index contributed by atoms with van der Waals surface area (Å²) >= 11 is 0. The van der Waals surface area contributed by atoms with Gasteiger partial charge in [-0.05, 0) is 50.2 Å². The number of ether oxygens (including phenoxy) is 1. The Morgan fingerprint density at radius 3 is 2.52 bits per heavy atom. The maximum atomic E-state index is 12.5. The highest BCUT2D eigenvalue weighted by molar-refractivity contribution is 7.92. The molecule has 0 fully saturated rings. The van der Waals surface area contributed by atoms with Crippen LogP contribution in [-0.2, 0) is 10.0 Å². The number of fused-ring (bicyclic) bond motifs is 1. The number of anilines is 1. The van der Waals surface area contributed by atoms with E-state index in [1.807, 2.05) is 13.8 Å². The van der Waals surface area contributed by atoms with E-state index in [1.165, 1.54) is 12.1 Å². The first-order valence-electron chi connectivity index (χ1n) is 7.05. The predicted molar refractivity (Wildman–Crippen MR) is 86.9 cm³/mol. The van der Waals surface area contributed by atoms with Gasteiger partial charge in [0.1, 0.15) is 16.8 Å². The average Bonchev–Trinajstić information content (AvgIpc) is 2.96. The van der Waals surface area contributed by atoms with Crippen LogP contribution in [0.4, 0.5) is 5.69 Å². The molecule has 0 unspecified atom stereocenters. The highest BCUT2D eigenvalue weighted by Crippen LogP contribution is 2.23. The highest BCUT2D eigenvalue weighted by Gasteiger charge is 2.16. The topological polar surface area (TPSA) is 97.0 Å². The molecule has 8 heteroatoms. The van der Waals surface area contributed by atoms with Gasteiger partial charge in [0, 0.05) is 0 Å². The van der Waals surface area contributed by atoms with Crippen molar-refractivity contribution in [3.63, 3.8) is 0 Å². The first-order valence-corrected chi connectivity index (χ1v) is 8.53. The van der Waals surface area contributed by atoms with Gasteiger partial charge in [-0.15, -0.1) is 0 Å². The van der Waals surface area contributed by atoms with Crippen LogP contribution < -0.4 is 9.46 Å². The quantitative estimate of drug-likeness (QED) is 0.748. The molecule has 7 nitrogen and oxygen atoms in total. The molecule has 0 aliphatic carbocycles. The minimum absolute atomic E-state index is 0.0281. The number of nitrogens with one attached hydrogen (secondary N) is 2. The van der Waals surface area contributed by atoms with Crippen LogP contribution in [0, 0.1) is 0 Å². The third kappa shape index (κ3) is 3.26. The molecule has 0 aliphatic rings. The summed E-state index contributed by atoms with van der Waals surface area (Å²) in [5, 5.41) is 10.4. The van der Waals surface area contributed by atoms with E-state index in [-0.39, 0.29) is 11.0 Å². The molecule has 0 aliphatic heterocycles. The Bertz CT molecular complexity index is 917. The van der Waals surface area contributed by atoms with Crippen LogP contribution >= 0.6 is 0 Å². The molecule has 0 atom stereocenters. The van der Waals surface area contributed by atoms with E-state index in [9.17, 15) is 8.42 Å². The Morgan fingerprint density at radius 1 is 1.09 bits per heavy atom. The number of nitrogens with zero attached hydrogens (tertiary/aromatic N) is 2. The van der Waals surface area contributed by atoms with Crippen molar-refractivity contribution in [2.24, 2.45) is 0 Å². The summed E-state index contributed by atoms with van der Waals surface area (Å²) in [4.78, 5) is 0.147. The maximum absolute atomic E-state index is 12.5. The number of sulfonamides is 1. The second-order valence-electron chi connectivity index (χ2n) is 5.24. The summed E-state index contributed by atoms with van der Waals surface area (Å²) in [5.74, 6) is 0.623. The Kier molecular flexibility index (Phi) is 3.91. The fraction of sp³-hybridized carbons (Fsp3) is 0.200. The Morgan fingerprint density at radius 2 is 1.83 bits per heavy atom. The van der Waals surface area contributed by atoms with Crippen LogP contribution in [0.15, 0.2) is 47.4 Å². The van der Waals surface area contributed by atoms with E-state index in [1.54, 1.807) is 30.3 Å². The zero-order chi connectivity index (χ0) is 16.4. The predicted octanol–water partition coefficient (Wildman–Crippen LogP) is 2.55. The summed E-state index contributed by atoms with van der Waals surface area (Å²) in [6.07, 6.45) is 0.0281. The highest BCUT2D eigenvalue weighted by atomic mass is 32.2.